The van der Waals surface area contributed by atoms with Gasteiger partial charge in [-0.1, -0.05) is 152 Å². The van der Waals surface area contributed by atoms with Gasteiger partial charge in [0.2, 0.25) is 0 Å². The van der Waals surface area contributed by atoms with E-state index in [1.807, 2.05) is 129 Å². The Kier molecular flexibility index (Phi) is 5.74. The van der Waals surface area contributed by atoms with Gasteiger partial charge in [0.25, 0.3) is 0 Å². The lowest BCUT2D eigenvalue weighted by Gasteiger charge is -2.17. The standard InChI is InChI=1S/C36H31N3Si/c1-40(2,3)33-23-21-27(22-24-33)32-16-10-15-31(25-32)26-17-19-30(20-18-26)36-38-34(28-11-6-4-7-12-28)37-35(39-36)29-13-8-5-9-14-29/h4-25H,1-3H3/i21D,22D,23D,24D. The molecule has 5 aromatic carbocycles. The summed E-state index contributed by atoms with van der Waals surface area (Å²) in [5, 5.41) is 0.562. The Labute approximate surface area is 242 Å². The largest absolute Gasteiger partial charge is 0.208 e. The highest BCUT2D eigenvalue weighted by Gasteiger charge is 2.16. The molecule has 1 aromatic heterocycles. The van der Waals surface area contributed by atoms with Crippen molar-refractivity contribution in [1.29, 1.82) is 0 Å². The van der Waals surface area contributed by atoms with Crippen LogP contribution in [-0.4, -0.2) is 23.0 Å². The summed E-state index contributed by atoms with van der Waals surface area (Å²) in [5.41, 5.74) is 5.51. The molecule has 0 N–H and O–H groups in total. The lowest BCUT2D eigenvalue weighted by atomic mass is 9.98. The van der Waals surface area contributed by atoms with Crippen LogP contribution in [0.25, 0.3) is 56.4 Å². The van der Waals surface area contributed by atoms with E-state index in [1.165, 1.54) is 0 Å². The highest BCUT2D eigenvalue weighted by atomic mass is 28.3. The van der Waals surface area contributed by atoms with Crippen molar-refractivity contribution < 1.29 is 5.48 Å². The first-order chi connectivity index (χ1) is 21.1. The maximum atomic E-state index is 8.76. The maximum Gasteiger partial charge on any atom is 0.164 e. The van der Waals surface area contributed by atoms with Crippen LogP contribution in [0.4, 0.5) is 0 Å². The molecular formula is C36H31N3Si. The molecule has 6 aromatic rings. The number of rotatable bonds is 6. The van der Waals surface area contributed by atoms with Crippen LogP contribution in [0, 0.1) is 0 Å². The average Bonchev–Trinajstić information content (AvgIpc) is 3.04. The first kappa shape index (κ1) is 21.2. The van der Waals surface area contributed by atoms with E-state index in [0.29, 0.717) is 33.8 Å². The molecule has 0 saturated carbocycles. The maximum absolute atomic E-state index is 8.76. The molecule has 0 fully saturated rings. The number of hydrogen-bond donors (Lipinski definition) is 0. The van der Waals surface area contributed by atoms with Gasteiger partial charge in [-0.05, 0) is 28.3 Å². The molecule has 0 saturated heterocycles. The average molecular weight is 538 g/mol. The molecule has 3 nitrogen and oxygen atoms in total. The summed E-state index contributed by atoms with van der Waals surface area (Å²) in [6.07, 6.45) is 0. The van der Waals surface area contributed by atoms with Gasteiger partial charge in [-0.25, -0.2) is 15.0 Å². The zero-order chi connectivity index (χ0) is 31.0. The Bertz CT molecular complexity index is 1890. The van der Waals surface area contributed by atoms with Crippen molar-refractivity contribution in [3.8, 4) is 56.4 Å². The van der Waals surface area contributed by atoms with Gasteiger partial charge >= 0.3 is 0 Å². The van der Waals surface area contributed by atoms with E-state index in [-0.39, 0.29) is 24.2 Å². The summed E-state index contributed by atoms with van der Waals surface area (Å²) >= 11 is 0. The van der Waals surface area contributed by atoms with Crippen LogP contribution in [-0.2, 0) is 0 Å². The van der Waals surface area contributed by atoms with Crippen LogP contribution >= 0.6 is 0 Å². The van der Waals surface area contributed by atoms with E-state index in [9.17, 15) is 0 Å². The molecule has 6 rings (SSSR count). The van der Waals surface area contributed by atoms with Crippen LogP contribution < -0.4 is 5.19 Å². The second kappa shape index (κ2) is 10.8. The van der Waals surface area contributed by atoms with E-state index < -0.39 is 8.07 Å². The third kappa shape index (κ3) is 5.53. The van der Waals surface area contributed by atoms with Crippen molar-refractivity contribution in [2.45, 2.75) is 19.6 Å². The van der Waals surface area contributed by atoms with Crippen molar-refractivity contribution >= 4 is 13.3 Å². The van der Waals surface area contributed by atoms with E-state index in [4.69, 9.17) is 20.4 Å². The normalized spacial score (nSPS) is 12.8. The van der Waals surface area contributed by atoms with Crippen molar-refractivity contribution in [3.05, 3.63) is 133 Å². The SMILES string of the molecule is [2H]c1c([2H])c([Si](C)(C)C)c([2H])c([2H])c1-c1cccc(-c2ccc(-c3nc(-c4ccccc4)nc(-c4ccccc4)n3)cc2)c1. The second-order valence-corrected chi connectivity index (χ2v) is 15.7. The third-order valence-corrected chi connectivity index (χ3v) is 8.45. The lowest BCUT2D eigenvalue weighted by molar-refractivity contribution is 1.07. The molecule has 0 amide bonds. The van der Waals surface area contributed by atoms with Crippen molar-refractivity contribution in [3.63, 3.8) is 0 Å². The zero-order valence-electron chi connectivity index (χ0n) is 26.7. The lowest BCUT2D eigenvalue weighted by Crippen LogP contribution is -2.37. The third-order valence-electron chi connectivity index (χ3n) is 6.70. The molecule has 0 atom stereocenters. The molecule has 0 aliphatic heterocycles. The molecular weight excluding hydrogens is 503 g/mol. The summed E-state index contributed by atoms with van der Waals surface area (Å²) in [5.74, 6) is 1.78. The van der Waals surface area contributed by atoms with E-state index >= 15 is 0 Å². The molecule has 4 heteroatoms. The summed E-state index contributed by atoms with van der Waals surface area (Å²) in [6, 6.07) is 35.5. The first-order valence-electron chi connectivity index (χ1n) is 15.3. The van der Waals surface area contributed by atoms with Gasteiger partial charge in [0.05, 0.1) is 13.6 Å². The fourth-order valence-electron chi connectivity index (χ4n) is 4.44. The van der Waals surface area contributed by atoms with Crippen molar-refractivity contribution in [1.82, 2.24) is 15.0 Å². The number of benzene rings is 5. The molecule has 0 radical (unpaired) electrons. The monoisotopic (exact) mass is 537 g/mol. The van der Waals surface area contributed by atoms with Crippen LogP contribution in [0.1, 0.15) is 5.48 Å². The summed E-state index contributed by atoms with van der Waals surface area (Å²) < 4.78 is 34.9. The van der Waals surface area contributed by atoms with Crippen molar-refractivity contribution in [2.75, 3.05) is 0 Å². The Morgan fingerprint density at radius 2 is 0.825 bits per heavy atom. The smallest absolute Gasteiger partial charge is 0.164 e. The van der Waals surface area contributed by atoms with E-state index in [1.54, 1.807) is 0 Å². The predicted molar refractivity (Wildman–Crippen MR) is 170 cm³/mol. The van der Waals surface area contributed by atoms with Gasteiger partial charge in [0, 0.05) is 16.7 Å². The van der Waals surface area contributed by atoms with Crippen LogP contribution in [0.3, 0.4) is 0 Å². The fourth-order valence-corrected chi connectivity index (χ4v) is 5.31. The van der Waals surface area contributed by atoms with Gasteiger partial charge in [-0.3, -0.25) is 0 Å². The molecule has 0 aliphatic rings. The van der Waals surface area contributed by atoms with E-state index in [2.05, 4.69) is 0 Å². The summed E-state index contributed by atoms with van der Waals surface area (Å²) in [7, 11) is -2.08. The van der Waals surface area contributed by atoms with Crippen LogP contribution in [0.5, 0.6) is 0 Å². The number of hydrogen-bond acceptors (Lipinski definition) is 3. The fraction of sp³-hybridized carbons (Fsp3) is 0.0833. The minimum atomic E-state index is -2.08. The van der Waals surface area contributed by atoms with E-state index in [0.717, 1.165) is 27.8 Å². The Morgan fingerprint density at radius 1 is 0.425 bits per heavy atom. The predicted octanol–water partition coefficient (Wildman–Crippen LogP) is 8.75. The van der Waals surface area contributed by atoms with Gasteiger partial charge in [-0.15, -0.1) is 0 Å². The molecule has 0 bridgehead atoms. The quantitative estimate of drug-likeness (QED) is 0.199. The van der Waals surface area contributed by atoms with Gasteiger partial charge < -0.3 is 0 Å². The molecule has 1 heterocycles. The van der Waals surface area contributed by atoms with Gasteiger partial charge in [0.15, 0.2) is 17.5 Å². The highest BCUT2D eigenvalue weighted by molar-refractivity contribution is 6.88. The zero-order valence-corrected chi connectivity index (χ0v) is 23.7. The highest BCUT2D eigenvalue weighted by Crippen LogP contribution is 2.29. The van der Waals surface area contributed by atoms with Gasteiger partial charge in [0.1, 0.15) is 0 Å². The minimum absolute atomic E-state index is 0.00852. The Hall–Kier alpha value is -4.67. The summed E-state index contributed by atoms with van der Waals surface area (Å²) in [6.45, 7) is 6.13. The van der Waals surface area contributed by atoms with Crippen LogP contribution in [0.2, 0.25) is 19.6 Å². The Balaban J connectivity index is 1.39. The second-order valence-electron chi connectivity index (χ2n) is 10.7. The minimum Gasteiger partial charge on any atom is -0.208 e. The first-order valence-corrected chi connectivity index (χ1v) is 16.8. The van der Waals surface area contributed by atoms with Gasteiger partial charge in [-0.2, -0.15) is 0 Å². The Morgan fingerprint density at radius 3 is 1.30 bits per heavy atom. The molecule has 0 aliphatic carbocycles. The number of aromatic nitrogens is 3. The van der Waals surface area contributed by atoms with Crippen molar-refractivity contribution in [2.24, 2.45) is 0 Å². The number of nitrogens with zero attached hydrogens (tertiary/aromatic N) is 3. The molecule has 0 unspecified atom stereocenters. The molecule has 0 spiro atoms. The molecule has 194 valence electrons. The summed E-state index contributed by atoms with van der Waals surface area (Å²) in [4.78, 5) is 14.4. The molecule has 40 heavy (non-hydrogen) atoms. The topological polar surface area (TPSA) is 38.7 Å². The van der Waals surface area contributed by atoms with Crippen LogP contribution in [0.15, 0.2) is 133 Å².